The van der Waals surface area contributed by atoms with E-state index in [2.05, 4.69) is 0 Å². The number of carbonyl (C=O) groups is 5. The number of carbonyl (C=O) groups excluding carboxylic acids is 2. The Morgan fingerprint density at radius 3 is 1.32 bits per heavy atom. The molecule has 0 aliphatic carbocycles. The Morgan fingerprint density at radius 2 is 0.964 bits per heavy atom. The average Bonchev–Trinajstić information content (AvgIpc) is 2.54. The predicted octanol–water partition coefficient (Wildman–Crippen LogP) is -2.70. The van der Waals surface area contributed by atoms with Crippen LogP contribution in [0.15, 0.2) is 0 Å². The molecule has 12 heteroatoms. The minimum absolute atomic E-state index is 0.0525. The van der Waals surface area contributed by atoms with E-state index in [1.807, 2.05) is 0 Å². The predicted molar refractivity (Wildman–Crippen MR) is 95.0 cm³/mol. The smallest absolute Gasteiger partial charge is 0.317 e. The SMILES string of the molecule is CC(=O)CN(CCN(CCN(CC(=O)O)CC(=O)CO)CC(=O)O)CC(=O)O. The van der Waals surface area contributed by atoms with Crippen LogP contribution in [0.1, 0.15) is 6.92 Å². The highest BCUT2D eigenvalue weighted by atomic mass is 16.4. The molecule has 0 saturated carbocycles. The Bertz CT molecular complexity index is 552. The van der Waals surface area contributed by atoms with Gasteiger partial charge < -0.3 is 20.4 Å². The Hall–Kier alpha value is -2.41. The molecule has 12 nitrogen and oxygen atoms in total. The molecule has 0 bridgehead atoms. The van der Waals surface area contributed by atoms with Crippen molar-refractivity contribution >= 4 is 29.5 Å². The minimum Gasteiger partial charge on any atom is -0.480 e. The summed E-state index contributed by atoms with van der Waals surface area (Å²) in [5.41, 5.74) is 0. The van der Waals surface area contributed by atoms with Gasteiger partial charge in [0.2, 0.25) is 0 Å². The summed E-state index contributed by atoms with van der Waals surface area (Å²) in [6.45, 7) is -0.626. The van der Waals surface area contributed by atoms with Crippen LogP contribution < -0.4 is 0 Å². The third kappa shape index (κ3) is 13.7. The molecule has 0 aliphatic heterocycles. The number of carboxylic acids is 3. The second kappa shape index (κ2) is 13.7. The standard InChI is InChI=1S/C16H27N3O9/c1-12(21)6-18(9-15(25)26)4-2-17(8-14(23)24)3-5-19(10-16(27)28)7-13(22)11-20/h20H,2-11H2,1H3,(H,23,24)(H,25,26)(H,27,28). The van der Waals surface area contributed by atoms with Gasteiger partial charge >= 0.3 is 17.9 Å². The van der Waals surface area contributed by atoms with E-state index in [1.54, 1.807) is 0 Å². The fourth-order valence-electron chi connectivity index (χ4n) is 2.45. The monoisotopic (exact) mass is 405 g/mol. The molecule has 0 radical (unpaired) electrons. The van der Waals surface area contributed by atoms with Gasteiger partial charge in [-0.15, -0.1) is 0 Å². The van der Waals surface area contributed by atoms with Gasteiger partial charge in [0.15, 0.2) is 5.78 Å². The molecule has 160 valence electrons. The van der Waals surface area contributed by atoms with E-state index in [9.17, 15) is 24.0 Å². The van der Waals surface area contributed by atoms with E-state index in [-0.39, 0.29) is 58.1 Å². The number of hydrogen-bond acceptors (Lipinski definition) is 9. The lowest BCUT2D eigenvalue weighted by Gasteiger charge is -2.27. The maximum absolute atomic E-state index is 11.4. The van der Waals surface area contributed by atoms with Crippen LogP contribution in [0.25, 0.3) is 0 Å². The number of aliphatic carboxylic acids is 3. The summed E-state index contributed by atoms with van der Waals surface area (Å²) in [5, 5.41) is 35.7. The van der Waals surface area contributed by atoms with Crippen molar-refractivity contribution < 1.29 is 44.4 Å². The normalized spacial score (nSPS) is 11.2. The van der Waals surface area contributed by atoms with Gasteiger partial charge in [-0.05, 0) is 6.92 Å². The summed E-state index contributed by atoms with van der Waals surface area (Å²) in [6, 6.07) is 0. The van der Waals surface area contributed by atoms with E-state index in [4.69, 9.17) is 20.4 Å². The lowest BCUT2D eigenvalue weighted by Crippen LogP contribution is -2.45. The van der Waals surface area contributed by atoms with Gasteiger partial charge in [-0.2, -0.15) is 0 Å². The van der Waals surface area contributed by atoms with E-state index >= 15 is 0 Å². The molecule has 0 aromatic rings. The van der Waals surface area contributed by atoms with Gasteiger partial charge in [-0.3, -0.25) is 38.7 Å². The summed E-state index contributed by atoms with van der Waals surface area (Å²) in [5.74, 6) is -4.24. The zero-order chi connectivity index (χ0) is 21.7. The van der Waals surface area contributed by atoms with Gasteiger partial charge in [0, 0.05) is 26.2 Å². The molecule has 28 heavy (non-hydrogen) atoms. The van der Waals surface area contributed by atoms with Gasteiger partial charge in [0.25, 0.3) is 0 Å². The van der Waals surface area contributed by atoms with Crippen molar-refractivity contribution in [1.82, 2.24) is 14.7 Å². The van der Waals surface area contributed by atoms with Crippen LogP contribution in [0, 0.1) is 0 Å². The summed E-state index contributed by atoms with van der Waals surface area (Å²) in [6.07, 6.45) is 0. The molecule has 0 fully saturated rings. The van der Waals surface area contributed by atoms with Crippen LogP contribution in [0.5, 0.6) is 0 Å². The average molecular weight is 405 g/mol. The number of Topliss-reactive ketones (excluding diaryl/α,β-unsaturated/α-hetero) is 2. The largest absolute Gasteiger partial charge is 0.480 e. The number of hydrogen-bond donors (Lipinski definition) is 4. The Morgan fingerprint density at radius 1 is 0.607 bits per heavy atom. The highest BCUT2D eigenvalue weighted by Gasteiger charge is 2.18. The summed E-state index contributed by atoms with van der Waals surface area (Å²) >= 11 is 0. The van der Waals surface area contributed by atoms with E-state index in [0.29, 0.717) is 0 Å². The lowest BCUT2D eigenvalue weighted by molar-refractivity contribution is -0.141. The molecule has 0 aliphatic rings. The molecule has 0 saturated heterocycles. The molecule has 0 rings (SSSR count). The topological polar surface area (TPSA) is 176 Å². The molecule has 0 heterocycles. The van der Waals surface area contributed by atoms with Crippen LogP contribution in [0.2, 0.25) is 0 Å². The Balaban J connectivity index is 4.90. The summed E-state index contributed by atoms with van der Waals surface area (Å²) in [7, 11) is 0. The maximum Gasteiger partial charge on any atom is 0.317 e. The van der Waals surface area contributed by atoms with E-state index in [0.717, 1.165) is 0 Å². The molecule has 4 N–H and O–H groups in total. The fraction of sp³-hybridized carbons (Fsp3) is 0.688. The van der Waals surface area contributed by atoms with Crippen molar-refractivity contribution in [3.8, 4) is 0 Å². The second-order valence-corrected chi connectivity index (χ2v) is 6.28. The van der Waals surface area contributed by atoms with Crippen molar-refractivity contribution in [2.75, 3.05) is 65.5 Å². The van der Waals surface area contributed by atoms with E-state index < -0.39 is 36.8 Å². The fourth-order valence-corrected chi connectivity index (χ4v) is 2.45. The Labute approximate surface area is 161 Å². The first-order valence-corrected chi connectivity index (χ1v) is 8.48. The molecular formula is C16H27N3O9. The van der Waals surface area contributed by atoms with Crippen molar-refractivity contribution in [2.45, 2.75) is 6.92 Å². The number of aliphatic hydroxyl groups excluding tert-OH is 1. The highest BCUT2D eigenvalue weighted by molar-refractivity contribution is 5.82. The molecular weight excluding hydrogens is 378 g/mol. The van der Waals surface area contributed by atoms with Crippen molar-refractivity contribution in [2.24, 2.45) is 0 Å². The molecule has 0 unspecified atom stereocenters. The second-order valence-electron chi connectivity index (χ2n) is 6.28. The van der Waals surface area contributed by atoms with Crippen molar-refractivity contribution in [3.63, 3.8) is 0 Å². The molecule has 0 aromatic heterocycles. The zero-order valence-electron chi connectivity index (χ0n) is 15.7. The lowest BCUT2D eigenvalue weighted by atomic mass is 10.3. The minimum atomic E-state index is -1.18. The van der Waals surface area contributed by atoms with Gasteiger partial charge in [-0.25, -0.2) is 0 Å². The van der Waals surface area contributed by atoms with Crippen molar-refractivity contribution in [1.29, 1.82) is 0 Å². The third-order valence-electron chi connectivity index (χ3n) is 3.56. The highest BCUT2D eigenvalue weighted by Crippen LogP contribution is 1.97. The zero-order valence-corrected chi connectivity index (χ0v) is 15.7. The molecule has 0 amide bonds. The molecule has 0 atom stereocenters. The number of aliphatic hydroxyl groups is 1. The number of rotatable bonds is 17. The first-order valence-electron chi connectivity index (χ1n) is 8.48. The molecule has 0 spiro atoms. The Kier molecular flexibility index (Phi) is 12.5. The van der Waals surface area contributed by atoms with Crippen molar-refractivity contribution in [3.05, 3.63) is 0 Å². The summed E-state index contributed by atoms with van der Waals surface area (Å²) in [4.78, 5) is 59.5. The van der Waals surface area contributed by atoms with Crippen LogP contribution in [0.3, 0.4) is 0 Å². The van der Waals surface area contributed by atoms with Gasteiger partial charge in [0.05, 0.1) is 32.7 Å². The van der Waals surface area contributed by atoms with E-state index in [1.165, 1.54) is 21.6 Å². The van der Waals surface area contributed by atoms with Gasteiger partial charge in [-0.1, -0.05) is 0 Å². The first-order chi connectivity index (χ1) is 13.0. The third-order valence-corrected chi connectivity index (χ3v) is 3.56. The number of ketones is 2. The first kappa shape index (κ1) is 25.6. The van der Waals surface area contributed by atoms with Crippen LogP contribution in [0.4, 0.5) is 0 Å². The number of carboxylic acid groups (broad SMARTS) is 3. The maximum atomic E-state index is 11.4. The van der Waals surface area contributed by atoms with Crippen LogP contribution in [-0.2, 0) is 24.0 Å². The van der Waals surface area contributed by atoms with Crippen LogP contribution in [-0.4, -0.2) is 130 Å². The number of nitrogens with zero attached hydrogens (tertiary/aromatic N) is 3. The summed E-state index contributed by atoms with van der Waals surface area (Å²) < 4.78 is 0. The quantitative estimate of drug-likeness (QED) is 0.197. The van der Waals surface area contributed by atoms with Crippen LogP contribution >= 0.6 is 0 Å². The van der Waals surface area contributed by atoms with Gasteiger partial charge in [0.1, 0.15) is 12.4 Å². The molecule has 0 aromatic carbocycles.